The molecule has 3 aromatic rings. The molecule has 2 saturated carbocycles. The predicted molar refractivity (Wildman–Crippen MR) is 335 cm³/mol. The normalized spacial score (nSPS) is 30.9. The van der Waals surface area contributed by atoms with Gasteiger partial charge >= 0.3 is 57.0 Å². The van der Waals surface area contributed by atoms with Crippen LogP contribution in [-0.2, 0) is 107 Å². The van der Waals surface area contributed by atoms with Gasteiger partial charge in [0.05, 0.1) is 32.0 Å². The van der Waals surface area contributed by atoms with E-state index < -0.39 is 235 Å². The summed E-state index contributed by atoms with van der Waals surface area (Å²) in [5.41, 5.74) is -15.6. The molecular formula is C59H83F3N6O34P2. The third-order valence-electron chi connectivity index (χ3n) is 17.4. The Labute approximate surface area is 586 Å². The first-order chi connectivity index (χ1) is 48.8. The third-order valence-corrected chi connectivity index (χ3v) is 19.9. The van der Waals surface area contributed by atoms with Crippen molar-refractivity contribution in [2.24, 2.45) is 0 Å². The number of esters is 2. The number of aromatic nitrogens is 6. The van der Waals surface area contributed by atoms with Crippen molar-refractivity contribution in [2.45, 2.75) is 208 Å². The molecule has 8 heterocycles. The van der Waals surface area contributed by atoms with E-state index in [1.54, 1.807) is 27.7 Å². The highest BCUT2D eigenvalue weighted by Gasteiger charge is 2.74. The summed E-state index contributed by atoms with van der Waals surface area (Å²) < 4.78 is 173. The molecule has 7 fully saturated rings. The van der Waals surface area contributed by atoms with Gasteiger partial charge in [-0.1, -0.05) is 0 Å². The lowest BCUT2D eigenvalue weighted by Crippen LogP contribution is -2.53. The fourth-order valence-corrected chi connectivity index (χ4v) is 14.6. The third kappa shape index (κ3) is 18.2. The molecule has 584 valence electrons. The van der Waals surface area contributed by atoms with Gasteiger partial charge in [-0.05, 0) is 74.1 Å². The van der Waals surface area contributed by atoms with Crippen molar-refractivity contribution in [3.8, 4) is 0 Å². The summed E-state index contributed by atoms with van der Waals surface area (Å²) in [6.45, 7) is 2.38. The van der Waals surface area contributed by atoms with Crippen LogP contribution in [0.3, 0.4) is 0 Å². The Kier molecular flexibility index (Phi) is 26.3. The molecule has 3 aromatic heterocycles. The number of hydrogen-bond acceptors (Lipinski definition) is 34. The average Bonchev–Trinajstić information content (AvgIpc) is 1.54. The lowest BCUT2D eigenvalue weighted by molar-refractivity contribution is -0.253. The van der Waals surface area contributed by atoms with Crippen molar-refractivity contribution in [1.82, 2.24) is 28.7 Å². The zero-order valence-electron chi connectivity index (χ0n) is 57.7. The SMILES string of the molecule is CC(=O)OCOP(=O)(OCOC(=O)OC(C)C)OC[C@@]1(CF)O[C@@H](n2ccc(=O)[nH]c2=O)[C@](C)(O)[C@@H]1O.CC(=O)OCOP(=O)(OCOC(=O)OC(C)C)OC[C@@]1(CF)O[C@@H](n2ccc(=O)[nH]c2=O)[C@]2(C)OC3(CCCC3)O[C@H]12.C[C@@]12OC3(CCCC3)O[C@@H]1[C@](CO)(CF)O[C@H]2n1ccc(=O)[nH]c1=O. The topological polar surface area (TPSA) is 503 Å². The Bertz CT molecular complexity index is 4000. The zero-order valence-corrected chi connectivity index (χ0v) is 59.5. The number of ether oxygens (including phenoxy) is 13. The molecule has 10 rings (SSSR count). The van der Waals surface area contributed by atoms with Crippen LogP contribution in [0.4, 0.5) is 22.8 Å². The van der Waals surface area contributed by atoms with Gasteiger partial charge in [0.1, 0.15) is 55.1 Å². The highest BCUT2D eigenvalue weighted by atomic mass is 31.2. The fraction of sp³-hybridized carbons (Fsp3) is 0.729. The van der Waals surface area contributed by atoms with E-state index in [0.717, 1.165) is 73.9 Å². The van der Waals surface area contributed by atoms with Gasteiger partial charge in [0.15, 0.2) is 47.1 Å². The molecule has 5 aliphatic heterocycles. The van der Waals surface area contributed by atoms with Gasteiger partial charge in [0.2, 0.25) is 27.2 Å². The number of carbonyl (C=O) groups excluding carboxylic acids is 4. The molecule has 14 atom stereocenters. The summed E-state index contributed by atoms with van der Waals surface area (Å²) >= 11 is 0. The number of carbonyl (C=O) groups is 4. The average molecular weight is 1540 g/mol. The highest BCUT2D eigenvalue weighted by Crippen LogP contribution is 2.62. The number of hydrogen-bond donors (Lipinski definition) is 6. The number of rotatable bonds is 27. The molecule has 0 bridgehead atoms. The second-order valence-corrected chi connectivity index (χ2v) is 29.3. The van der Waals surface area contributed by atoms with Gasteiger partial charge in [0, 0.05) is 76.3 Å². The first-order valence-corrected chi connectivity index (χ1v) is 35.2. The van der Waals surface area contributed by atoms with Crippen molar-refractivity contribution in [1.29, 1.82) is 0 Å². The van der Waals surface area contributed by atoms with E-state index in [1.807, 2.05) is 4.98 Å². The van der Waals surface area contributed by atoms with Crippen molar-refractivity contribution >= 4 is 39.9 Å². The van der Waals surface area contributed by atoms with E-state index in [9.17, 15) is 81.2 Å². The maximum absolute atomic E-state index is 15.1. The smallest absolute Gasteiger partial charge is 0.438 e. The maximum atomic E-state index is 15.1. The number of aliphatic hydroxyl groups excluding tert-OH is 2. The standard InChI is InChI=1S/C24H34FN2O14P.C19H28FN2O14P.C16H21FN2O6/c1-15(2)38-21(31)34-14-37-42(32,36-13-33-16(3)28)35-12-23(11-25)18-22(4,41-24(39-18)8-5-6-9-24)19(40-23)27-10-7-17(29)26-20(27)30;1-11(2)35-17(27)31-10-34-37(29,33-9-30-12(3)23)32-8-19(7-20)14(25)18(4,28)15(36-19)22-6-5-13(24)21-16(22)26;1-14-11(23-16(25-14)5-2-3-6-16)15(8-17,9-20)24-12(14)19-7-4-10(21)18-13(19)22/h7,10,15,18-19H,5-6,8-9,11-14H2,1-4H3,(H,26,29,30);5-6,11,14-15,25,28H,7-10H2,1-4H3,(H,21,24,26);4,7,11-12,20H,2-3,5-6,8-9H2,1H3,(H,18,21,22)/t18-,19+,22+,23+,42?;14-,15+,18+,19+,37?;11-,12+,14+,15+/m000/s1. The first kappa shape index (κ1) is 82.8. The van der Waals surface area contributed by atoms with E-state index >= 15 is 4.39 Å². The summed E-state index contributed by atoms with van der Waals surface area (Å²) in [5.74, 6) is -3.54. The summed E-state index contributed by atoms with van der Waals surface area (Å²) in [5, 5.41) is 31.4. The van der Waals surface area contributed by atoms with Gasteiger partial charge in [-0.25, -0.2) is 64.4 Å². The van der Waals surface area contributed by atoms with E-state index in [4.69, 9.17) is 74.5 Å². The second-order valence-electron chi connectivity index (χ2n) is 26.0. The Morgan fingerprint density at radius 3 is 1.19 bits per heavy atom. The van der Waals surface area contributed by atoms with Crippen LogP contribution >= 0.6 is 15.6 Å². The number of aliphatic hydroxyl groups is 3. The molecule has 0 aromatic carbocycles. The van der Waals surface area contributed by atoms with Crippen LogP contribution in [0.5, 0.6) is 0 Å². The van der Waals surface area contributed by atoms with Crippen LogP contribution in [0.25, 0.3) is 0 Å². The molecule has 0 radical (unpaired) electrons. The molecule has 40 nitrogen and oxygen atoms in total. The number of phosphoric ester groups is 2. The number of H-pyrrole nitrogens is 3. The summed E-state index contributed by atoms with van der Waals surface area (Å²) in [7, 11) is -9.56. The Morgan fingerprint density at radius 1 is 0.529 bits per heavy atom. The summed E-state index contributed by atoms with van der Waals surface area (Å²) in [6.07, 6.45) is -2.53. The van der Waals surface area contributed by atoms with E-state index in [0.29, 0.717) is 30.3 Å². The molecule has 2 spiro atoms. The number of phosphoric acid groups is 2. The van der Waals surface area contributed by atoms with Crippen LogP contribution in [0.2, 0.25) is 0 Å². The van der Waals surface area contributed by atoms with Crippen molar-refractivity contribution in [3.05, 3.63) is 99.3 Å². The van der Waals surface area contributed by atoms with Crippen LogP contribution < -0.4 is 33.7 Å². The maximum Gasteiger partial charge on any atom is 0.510 e. The van der Waals surface area contributed by atoms with Gasteiger partial charge < -0.3 is 76.9 Å². The van der Waals surface area contributed by atoms with Crippen molar-refractivity contribution in [2.75, 3.05) is 67.0 Å². The number of alkyl halides is 3. The Hall–Kier alpha value is -6.87. The molecule has 104 heavy (non-hydrogen) atoms. The monoisotopic (exact) mass is 1540 g/mol. The van der Waals surface area contributed by atoms with Crippen LogP contribution in [0.1, 0.15) is 132 Å². The number of nitrogens with one attached hydrogen (secondary N) is 3. The van der Waals surface area contributed by atoms with E-state index in [2.05, 4.69) is 24.2 Å². The summed E-state index contributed by atoms with van der Waals surface area (Å²) in [4.78, 5) is 123. The van der Waals surface area contributed by atoms with E-state index in [1.165, 1.54) is 32.3 Å². The van der Waals surface area contributed by atoms with E-state index in [-0.39, 0.29) is 0 Å². The number of nitrogens with zero attached hydrogens (tertiary/aromatic N) is 3. The minimum Gasteiger partial charge on any atom is -0.438 e. The number of aromatic amines is 3. The quantitative estimate of drug-likeness (QED) is 0.0276. The van der Waals surface area contributed by atoms with Crippen molar-refractivity contribution < 1.29 is 146 Å². The van der Waals surface area contributed by atoms with Crippen molar-refractivity contribution in [3.63, 3.8) is 0 Å². The number of fused-ring (bicyclic) bond motifs is 2. The van der Waals surface area contributed by atoms with Gasteiger partial charge in [-0.2, -0.15) is 0 Å². The van der Waals surface area contributed by atoms with Gasteiger partial charge in [-0.3, -0.25) is 61.7 Å². The highest BCUT2D eigenvalue weighted by molar-refractivity contribution is 7.48. The van der Waals surface area contributed by atoms with Crippen LogP contribution in [-0.4, -0.2) is 211 Å². The minimum atomic E-state index is -4.82. The molecule has 7 aliphatic rings. The lowest BCUT2D eigenvalue weighted by atomic mass is 9.88. The molecule has 45 heteroatoms. The fourth-order valence-electron chi connectivity index (χ4n) is 12.7. The molecular weight excluding hydrogens is 1460 g/mol. The largest absolute Gasteiger partial charge is 0.510 e. The number of halogens is 3. The predicted octanol–water partition coefficient (Wildman–Crippen LogP) is 2.71. The Morgan fingerprint density at radius 2 is 0.856 bits per heavy atom. The zero-order chi connectivity index (χ0) is 76.7. The molecule has 2 aliphatic carbocycles. The molecule has 2 unspecified atom stereocenters. The first-order valence-electron chi connectivity index (χ1n) is 32.2. The molecule has 0 amide bonds. The minimum absolute atomic E-state index is 0.493. The van der Waals surface area contributed by atoms with Crippen LogP contribution in [0.15, 0.2) is 65.6 Å². The second kappa shape index (κ2) is 33.1. The van der Waals surface area contributed by atoms with Crippen LogP contribution in [0, 0.1) is 0 Å². The Balaban J connectivity index is 0.000000203. The molecule has 6 N–H and O–H groups in total. The van der Waals surface area contributed by atoms with Gasteiger partial charge in [0.25, 0.3) is 16.7 Å². The van der Waals surface area contributed by atoms with Gasteiger partial charge in [-0.15, -0.1) is 0 Å². The summed E-state index contributed by atoms with van der Waals surface area (Å²) in [6, 6.07) is 3.19. The lowest BCUT2D eigenvalue weighted by Gasteiger charge is -2.34. The molecule has 5 saturated heterocycles.